The molecular formula is C18H16ClN3O2S. The predicted molar refractivity (Wildman–Crippen MR) is 104 cm³/mol. The molecule has 3 rings (SSSR count). The molecule has 5 nitrogen and oxygen atoms in total. The summed E-state index contributed by atoms with van der Waals surface area (Å²) in [4.78, 5) is 12.3. The third-order valence-electron chi connectivity index (χ3n) is 3.86. The van der Waals surface area contributed by atoms with Crippen molar-refractivity contribution in [2.45, 2.75) is 13.8 Å². The molecule has 128 valence electrons. The number of carbonyl (C=O) groups is 1. The zero-order valence-electron chi connectivity index (χ0n) is 13.6. The van der Waals surface area contributed by atoms with Crippen LogP contribution in [0.5, 0.6) is 0 Å². The first-order valence-electron chi connectivity index (χ1n) is 7.58. The van der Waals surface area contributed by atoms with E-state index in [2.05, 4.69) is 16.2 Å². The molecule has 2 aromatic carbocycles. The summed E-state index contributed by atoms with van der Waals surface area (Å²) in [5.74, 6) is -0.156. The molecule has 0 unspecified atom stereocenters. The van der Waals surface area contributed by atoms with Gasteiger partial charge in [-0.05, 0) is 49.8 Å². The van der Waals surface area contributed by atoms with Gasteiger partial charge in [0.05, 0.1) is 0 Å². The smallest absolute Gasteiger partial charge is 0.305 e. The van der Waals surface area contributed by atoms with Gasteiger partial charge in [-0.2, -0.15) is 0 Å². The van der Waals surface area contributed by atoms with Crippen molar-refractivity contribution in [3.8, 4) is 0 Å². The number of nitrogens with one attached hydrogen (secondary N) is 3. The largest absolute Gasteiger partial charge is 0.451 e. The highest BCUT2D eigenvalue weighted by Gasteiger charge is 2.17. The van der Waals surface area contributed by atoms with Gasteiger partial charge in [0, 0.05) is 21.7 Å². The van der Waals surface area contributed by atoms with Gasteiger partial charge in [-0.1, -0.05) is 35.9 Å². The van der Waals surface area contributed by atoms with Gasteiger partial charge >= 0.3 is 5.91 Å². The number of anilines is 1. The van der Waals surface area contributed by atoms with E-state index in [1.165, 1.54) is 0 Å². The van der Waals surface area contributed by atoms with E-state index in [0.717, 1.165) is 22.2 Å². The maximum atomic E-state index is 12.3. The molecule has 3 aromatic rings. The first-order chi connectivity index (χ1) is 12.0. The molecule has 1 amide bonds. The molecule has 1 heterocycles. The number of hydrazine groups is 1. The lowest BCUT2D eigenvalue weighted by molar-refractivity contribution is 0.0917. The van der Waals surface area contributed by atoms with Crippen LogP contribution >= 0.6 is 23.8 Å². The molecule has 3 N–H and O–H groups in total. The minimum absolute atomic E-state index is 0.243. The maximum absolute atomic E-state index is 12.3. The number of furan rings is 1. The van der Waals surface area contributed by atoms with Crippen molar-refractivity contribution < 1.29 is 9.21 Å². The summed E-state index contributed by atoms with van der Waals surface area (Å²) in [7, 11) is 0. The van der Waals surface area contributed by atoms with Crippen LogP contribution in [0.4, 0.5) is 5.69 Å². The van der Waals surface area contributed by atoms with E-state index in [-0.39, 0.29) is 10.9 Å². The molecule has 0 aliphatic heterocycles. The van der Waals surface area contributed by atoms with Crippen LogP contribution in [0.15, 0.2) is 46.9 Å². The first kappa shape index (κ1) is 17.3. The van der Waals surface area contributed by atoms with Crippen LogP contribution in [0, 0.1) is 13.8 Å². The molecule has 0 saturated carbocycles. The number of fused-ring (bicyclic) bond motifs is 1. The number of rotatable bonds is 2. The average Bonchev–Trinajstić information content (AvgIpc) is 2.94. The third-order valence-corrected chi connectivity index (χ3v) is 4.47. The third kappa shape index (κ3) is 3.60. The van der Waals surface area contributed by atoms with Gasteiger partial charge in [-0.3, -0.25) is 15.6 Å². The highest BCUT2D eigenvalue weighted by atomic mass is 35.5. The zero-order valence-corrected chi connectivity index (χ0v) is 15.2. The van der Waals surface area contributed by atoms with Crippen LogP contribution in [0.1, 0.15) is 21.7 Å². The molecule has 0 aliphatic rings. The summed E-state index contributed by atoms with van der Waals surface area (Å²) in [6, 6.07) is 12.9. The predicted octanol–water partition coefficient (Wildman–Crippen LogP) is 4.33. The summed E-state index contributed by atoms with van der Waals surface area (Å²) >= 11 is 11.3. The summed E-state index contributed by atoms with van der Waals surface area (Å²) < 4.78 is 5.61. The monoisotopic (exact) mass is 373 g/mol. The number of aryl methyl sites for hydroxylation is 1. The lowest BCUT2D eigenvalue weighted by Gasteiger charge is -2.13. The molecule has 0 aliphatic carbocycles. The Balaban J connectivity index is 1.66. The van der Waals surface area contributed by atoms with Crippen LogP contribution < -0.4 is 16.2 Å². The Bertz CT molecular complexity index is 968. The van der Waals surface area contributed by atoms with Crippen molar-refractivity contribution in [1.29, 1.82) is 0 Å². The van der Waals surface area contributed by atoms with Crippen molar-refractivity contribution in [3.63, 3.8) is 0 Å². The SMILES string of the molecule is Cc1c(Cl)cccc1NC(=S)NNC(=O)c1oc2ccccc2c1C. The van der Waals surface area contributed by atoms with Gasteiger partial charge in [0.15, 0.2) is 10.9 Å². The first-order valence-corrected chi connectivity index (χ1v) is 8.36. The highest BCUT2D eigenvalue weighted by Crippen LogP contribution is 2.25. The van der Waals surface area contributed by atoms with E-state index in [1.807, 2.05) is 50.2 Å². The number of halogens is 1. The molecule has 7 heteroatoms. The minimum atomic E-state index is -0.402. The van der Waals surface area contributed by atoms with Crippen molar-refractivity contribution in [3.05, 3.63) is 64.4 Å². The van der Waals surface area contributed by atoms with E-state index in [0.29, 0.717) is 10.6 Å². The van der Waals surface area contributed by atoms with E-state index in [9.17, 15) is 4.79 Å². The maximum Gasteiger partial charge on any atom is 0.305 e. The second kappa shape index (κ2) is 7.13. The summed E-state index contributed by atoms with van der Waals surface area (Å²) in [6.07, 6.45) is 0. The van der Waals surface area contributed by atoms with E-state index in [1.54, 1.807) is 6.07 Å². The van der Waals surface area contributed by atoms with Crippen LogP contribution in [0.25, 0.3) is 11.0 Å². The molecule has 0 saturated heterocycles. The number of para-hydroxylation sites is 1. The van der Waals surface area contributed by atoms with Crippen molar-refractivity contribution in [1.82, 2.24) is 10.9 Å². The second-order valence-electron chi connectivity index (χ2n) is 5.50. The topological polar surface area (TPSA) is 66.3 Å². The fourth-order valence-corrected chi connectivity index (χ4v) is 2.79. The van der Waals surface area contributed by atoms with Crippen molar-refractivity contribution >= 4 is 51.5 Å². The average molecular weight is 374 g/mol. The number of hydrogen-bond donors (Lipinski definition) is 3. The Labute approximate surface area is 155 Å². The fraction of sp³-hybridized carbons (Fsp3) is 0.111. The Morgan fingerprint density at radius 2 is 1.80 bits per heavy atom. The van der Waals surface area contributed by atoms with Gasteiger partial charge in [0.2, 0.25) is 0 Å². The van der Waals surface area contributed by atoms with Gasteiger partial charge in [0.25, 0.3) is 0 Å². The highest BCUT2D eigenvalue weighted by molar-refractivity contribution is 7.80. The van der Waals surface area contributed by atoms with Gasteiger partial charge < -0.3 is 9.73 Å². The fourth-order valence-electron chi connectivity index (χ4n) is 2.46. The Morgan fingerprint density at radius 3 is 2.56 bits per heavy atom. The normalized spacial score (nSPS) is 10.5. The van der Waals surface area contributed by atoms with Crippen LogP contribution in [0.3, 0.4) is 0 Å². The van der Waals surface area contributed by atoms with E-state index < -0.39 is 5.91 Å². The van der Waals surface area contributed by atoms with Crippen LogP contribution in [-0.4, -0.2) is 11.0 Å². The summed E-state index contributed by atoms with van der Waals surface area (Å²) in [6.45, 7) is 3.72. The van der Waals surface area contributed by atoms with Crippen molar-refractivity contribution in [2.75, 3.05) is 5.32 Å². The Hall–Kier alpha value is -2.57. The van der Waals surface area contributed by atoms with Gasteiger partial charge in [0.1, 0.15) is 5.58 Å². The zero-order chi connectivity index (χ0) is 18.0. The van der Waals surface area contributed by atoms with Gasteiger partial charge in [-0.25, -0.2) is 0 Å². The molecule has 0 radical (unpaired) electrons. The van der Waals surface area contributed by atoms with E-state index >= 15 is 0 Å². The van der Waals surface area contributed by atoms with Gasteiger partial charge in [-0.15, -0.1) is 0 Å². The Kier molecular flexibility index (Phi) is 4.92. The molecule has 0 fully saturated rings. The quantitative estimate of drug-likeness (QED) is 0.460. The Morgan fingerprint density at radius 1 is 1.04 bits per heavy atom. The molecule has 1 aromatic heterocycles. The molecule has 25 heavy (non-hydrogen) atoms. The number of benzene rings is 2. The molecular weight excluding hydrogens is 358 g/mol. The number of carbonyl (C=O) groups excluding carboxylic acids is 1. The number of thiocarbonyl (C=S) groups is 1. The number of hydrogen-bond acceptors (Lipinski definition) is 3. The van der Waals surface area contributed by atoms with Crippen LogP contribution in [-0.2, 0) is 0 Å². The molecule has 0 spiro atoms. The lowest BCUT2D eigenvalue weighted by Crippen LogP contribution is -2.43. The van der Waals surface area contributed by atoms with E-state index in [4.69, 9.17) is 28.2 Å². The number of amides is 1. The second-order valence-corrected chi connectivity index (χ2v) is 6.31. The molecule has 0 bridgehead atoms. The summed E-state index contributed by atoms with van der Waals surface area (Å²) in [5.41, 5.74) is 8.28. The van der Waals surface area contributed by atoms with Crippen molar-refractivity contribution in [2.24, 2.45) is 0 Å². The molecule has 0 atom stereocenters. The minimum Gasteiger partial charge on any atom is -0.451 e. The summed E-state index contributed by atoms with van der Waals surface area (Å²) in [5, 5.41) is 4.77. The standard InChI is InChI=1S/C18H16ClN3O2S/c1-10-12-6-3-4-9-15(12)24-16(10)17(23)21-22-18(25)20-14-8-5-7-13(19)11(14)2/h3-9H,1-2H3,(H,21,23)(H2,20,22,25). The van der Waals surface area contributed by atoms with Crippen LogP contribution in [0.2, 0.25) is 5.02 Å². The lowest BCUT2D eigenvalue weighted by atomic mass is 10.1.